The zero-order valence-corrected chi connectivity index (χ0v) is 12.1. The number of nitrogen functional groups attached to an aromatic ring is 1. The van der Waals surface area contributed by atoms with E-state index in [1.54, 1.807) is 24.6 Å². The van der Waals surface area contributed by atoms with E-state index >= 15 is 0 Å². The molecule has 2 aromatic heterocycles. The number of aromatic nitrogens is 2. The first-order chi connectivity index (χ1) is 8.90. The first-order valence-corrected chi connectivity index (χ1v) is 6.89. The number of aryl methyl sites for hydroxylation is 1. The maximum absolute atomic E-state index is 12.0. The molecule has 0 saturated heterocycles. The average molecular weight is 278 g/mol. The Labute approximate surface area is 116 Å². The normalized spacial score (nSPS) is 11.5. The minimum Gasteiger partial charge on any atom is -0.396 e. The summed E-state index contributed by atoms with van der Waals surface area (Å²) in [6, 6.07) is 4.09. The maximum Gasteiger partial charge on any atom is 0.273 e. The number of carbonyl (C=O) groups is 1. The molecule has 6 heteroatoms. The Balaban J connectivity index is 2.03. The molecule has 5 nitrogen and oxygen atoms in total. The van der Waals surface area contributed by atoms with E-state index < -0.39 is 0 Å². The molecule has 0 aromatic carbocycles. The summed E-state index contributed by atoms with van der Waals surface area (Å²) < 4.78 is 1.54. The van der Waals surface area contributed by atoms with E-state index in [0.717, 1.165) is 0 Å². The van der Waals surface area contributed by atoms with Crippen molar-refractivity contribution in [3.05, 3.63) is 34.3 Å². The topological polar surface area (TPSA) is 72.9 Å². The van der Waals surface area contributed by atoms with Gasteiger partial charge < -0.3 is 11.1 Å². The van der Waals surface area contributed by atoms with Crippen molar-refractivity contribution in [2.75, 3.05) is 12.3 Å². The van der Waals surface area contributed by atoms with Crippen LogP contribution in [0.2, 0.25) is 0 Å². The lowest BCUT2D eigenvalue weighted by atomic mass is 9.91. The summed E-state index contributed by atoms with van der Waals surface area (Å²) >= 11 is 1.69. The van der Waals surface area contributed by atoms with Crippen molar-refractivity contribution >= 4 is 22.9 Å². The van der Waals surface area contributed by atoms with Crippen LogP contribution in [0.4, 0.5) is 5.69 Å². The van der Waals surface area contributed by atoms with Crippen LogP contribution in [-0.4, -0.2) is 22.2 Å². The van der Waals surface area contributed by atoms with Gasteiger partial charge in [-0.15, -0.1) is 11.3 Å². The Kier molecular flexibility index (Phi) is 3.61. The van der Waals surface area contributed by atoms with Gasteiger partial charge in [-0.05, 0) is 11.4 Å². The first kappa shape index (κ1) is 13.6. The summed E-state index contributed by atoms with van der Waals surface area (Å²) in [5, 5.41) is 8.99. The van der Waals surface area contributed by atoms with E-state index in [2.05, 4.69) is 30.3 Å². The highest BCUT2D eigenvalue weighted by molar-refractivity contribution is 7.10. The van der Waals surface area contributed by atoms with E-state index in [9.17, 15) is 4.79 Å². The van der Waals surface area contributed by atoms with E-state index in [1.165, 1.54) is 9.56 Å². The largest absolute Gasteiger partial charge is 0.396 e. The van der Waals surface area contributed by atoms with Crippen molar-refractivity contribution < 1.29 is 4.79 Å². The fourth-order valence-corrected chi connectivity index (χ4v) is 2.67. The second-order valence-corrected chi connectivity index (χ2v) is 6.10. The fraction of sp³-hybridized carbons (Fsp3) is 0.385. The van der Waals surface area contributed by atoms with E-state index in [1.807, 2.05) is 11.4 Å². The third-order valence-corrected chi connectivity index (χ3v) is 4.19. The smallest absolute Gasteiger partial charge is 0.273 e. The predicted octanol–water partition coefficient (Wildman–Crippen LogP) is 1.77. The van der Waals surface area contributed by atoms with Gasteiger partial charge in [-0.3, -0.25) is 9.48 Å². The molecule has 2 aromatic rings. The number of nitrogens with one attached hydrogen (secondary N) is 1. The van der Waals surface area contributed by atoms with Gasteiger partial charge in [-0.25, -0.2) is 0 Å². The summed E-state index contributed by atoms with van der Waals surface area (Å²) in [5.74, 6) is -0.234. The first-order valence-electron chi connectivity index (χ1n) is 6.01. The molecule has 1 amide bonds. The number of anilines is 1. The molecule has 0 fully saturated rings. The van der Waals surface area contributed by atoms with Gasteiger partial charge in [-0.2, -0.15) is 5.10 Å². The molecule has 0 saturated carbocycles. The second kappa shape index (κ2) is 5.05. The Morgan fingerprint density at radius 1 is 1.58 bits per heavy atom. The number of rotatable bonds is 4. The Morgan fingerprint density at radius 2 is 2.32 bits per heavy atom. The van der Waals surface area contributed by atoms with Crippen LogP contribution in [0.3, 0.4) is 0 Å². The minimum atomic E-state index is -0.234. The molecule has 0 aliphatic carbocycles. The van der Waals surface area contributed by atoms with E-state index in [4.69, 9.17) is 5.73 Å². The van der Waals surface area contributed by atoms with Crippen LogP contribution in [0.1, 0.15) is 29.2 Å². The molecule has 2 rings (SSSR count). The van der Waals surface area contributed by atoms with Crippen LogP contribution in [-0.2, 0) is 12.5 Å². The predicted molar refractivity (Wildman–Crippen MR) is 77.3 cm³/mol. The van der Waals surface area contributed by atoms with Crippen molar-refractivity contribution in [3.8, 4) is 0 Å². The van der Waals surface area contributed by atoms with Crippen molar-refractivity contribution in [1.82, 2.24) is 15.1 Å². The number of amides is 1. The molecule has 3 N–H and O–H groups in total. The van der Waals surface area contributed by atoms with E-state index in [0.29, 0.717) is 12.2 Å². The molecule has 0 spiro atoms. The number of hydrogen-bond donors (Lipinski definition) is 2. The summed E-state index contributed by atoms with van der Waals surface area (Å²) in [6.07, 6.45) is 1.62. The quantitative estimate of drug-likeness (QED) is 0.895. The van der Waals surface area contributed by atoms with Crippen LogP contribution >= 0.6 is 11.3 Å². The van der Waals surface area contributed by atoms with Gasteiger partial charge >= 0.3 is 0 Å². The zero-order valence-electron chi connectivity index (χ0n) is 11.3. The molecule has 102 valence electrons. The monoisotopic (exact) mass is 278 g/mol. The van der Waals surface area contributed by atoms with Crippen LogP contribution in [0.25, 0.3) is 0 Å². The summed E-state index contributed by atoms with van der Waals surface area (Å²) in [4.78, 5) is 13.3. The molecular formula is C13H18N4OS. The van der Waals surface area contributed by atoms with Crippen molar-refractivity contribution in [2.24, 2.45) is 7.05 Å². The van der Waals surface area contributed by atoms with Crippen LogP contribution in [0, 0.1) is 0 Å². The molecule has 2 heterocycles. The Morgan fingerprint density at radius 3 is 2.84 bits per heavy atom. The van der Waals surface area contributed by atoms with Crippen LogP contribution < -0.4 is 11.1 Å². The molecule has 19 heavy (non-hydrogen) atoms. The summed E-state index contributed by atoms with van der Waals surface area (Å²) in [7, 11) is 1.74. The number of nitrogens with zero attached hydrogens (tertiary/aromatic N) is 2. The molecular weight excluding hydrogens is 260 g/mol. The number of thiophene rings is 1. The zero-order chi connectivity index (χ0) is 14.0. The molecule has 0 unspecified atom stereocenters. The van der Waals surface area contributed by atoms with Gasteiger partial charge in [0, 0.05) is 30.1 Å². The van der Waals surface area contributed by atoms with Gasteiger partial charge in [0.1, 0.15) is 0 Å². The Hall–Kier alpha value is -1.82. The molecule has 0 bridgehead atoms. The molecule has 0 aliphatic rings. The fourth-order valence-electron chi connectivity index (χ4n) is 1.82. The molecule has 0 radical (unpaired) electrons. The van der Waals surface area contributed by atoms with E-state index in [-0.39, 0.29) is 17.0 Å². The lowest BCUT2D eigenvalue weighted by Crippen LogP contribution is -2.36. The number of carbonyl (C=O) groups excluding carboxylic acids is 1. The SMILES string of the molecule is Cn1cc(N)c(C(=O)NCC(C)(C)c2cccs2)n1. The highest BCUT2D eigenvalue weighted by Gasteiger charge is 2.23. The van der Waals surface area contributed by atoms with Crippen molar-refractivity contribution in [1.29, 1.82) is 0 Å². The van der Waals surface area contributed by atoms with Gasteiger partial charge in [0.05, 0.1) is 5.69 Å². The lowest BCUT2D eigenvalue weighted by molar-refractivity contribution is 0.0941. The van der Waals surface area contributed by atoms with Crippen molar-refractivity contribution in [3.63, 3.8) is 0 Å². The third-order valence-electron chi connectivity index (χ3n) is 2.95. The van der Waals surface area contributed by atoms with Gasteiger partial charge in [-0.1, -0.05) is 19.9 Å². The highest BCUT2D eigenvalue weighted by Crippen LogP contribution is 2.26. The standard InChI is InChI=1S/C13H18N4OS/c1-13(2,10-5-4-6-19-10)8-15-12(18)11-9(14)7-17(3)16-11/h4-7H,8,14H2,1-3H3,(H,15,18). The van der Waals surface area contributed by atoms with Gasteiger partial charge in [0.25, 0.3) is 5.91 Å². The van der Waals surface area contributed by atoms with Gasteiger partial charge in [0.2, 0.25) is 0 Å². The lowest BCUT2D eigenvalue weighted by Gasteiger charge is -2.23. The highest BCUT2D eigenvalue weighted by atomic mass is 32.1. The number of nitrogens with two attached hydrogens (primary N) is 1. The molecule has 0 atom stereocenters. The minimum absolute atomic E-state index is 0.104. The number of hydrogen-bond acceptors (Lipinski definition) is 4. The third kappa shape index (κ3) is 2.96. The van der Waals surface area contributed by atoms with Crippen LogP contribution in [0.5, 0.6) is 0 Å². The second-order valence-electron chi connectivity index (χ2n) is 5.15. The summed E-state index contributed by atoms with van der Waals surface area (Å²) in [6.45, 7) is 4.74. The Bertz CT molecular complexity index is 571. The summed E-state index contributed by atoms with van der Waals surface area (Å²) in [5.41, 5.74) is 6.31. The van der Waals surface area contributed by atoms with Crippen molar-refractivity contribution in [2.45, 2.75) is 19.3 Å². The maximum atomic E-state index is 12.0. The van der Waals surface area contributed by atoms with Crippen LogP contribution in [0.15, 0.2) is 23.7 Å². The van der Waals surface area contributed by atoms with Gasteiger partial charge in [0.15, 0.2) is 5.69 Å². The average Bonchev–Trinajstić information content (AvgIpc) is 2.96. The molecule has 0 aliphatic heterocycles.